The summed E-state index contributed by atoms with van der Waals surface area (Å²) < 4.78 is 0. The second-order valence-corrected chi connectivity index (χ2v) is 9.37. The average molecular weight is 612 g/mol. The van der Waals surface area contributed by atoms with Crippen molar-refractivity contribution in [2.45, 2.75) is 81.1 Å². The van der Waals surface area contributed by atoms with E-state index < -0.39 is 0 Å². The number of nitrogen functional groups attached to an aromatic ring is 3. The molecule has 0 aliphatic carbocycles. The highest BCUT2D eigenvalue weighted by atomic mass is 14.5. The van der Waals surface area contributed by atoms with Gasteiger partial charge in [-0.1, -0.05) is 208 Å². The van der Waals surface area contributed by atoms with Crippen LogP contribution >= 0.6 is 0 Å². The fourth-order valence-corrected chi connectivity index (χ4v) is 2.13. The molecule has 0 unspecified atom stereocenters. The van der Waals surface area contributed by atoms with Gasteiger partial charge in [-0.15, -0.1) is 0 Å². The molecule has 0 amide bonds. The predicted octanol–water partition coefficient (Wildman–Crippen LogP) is 12.8. The van der Waals surface area contributed by atoms with Crippen molar-refractivity contribution in [3.05, 3.63) is 164 Å². The molecule has 0 heterocycles. The van der Waals surface area contributed by atoms with Crippen molar-refractivity contribution in [2.24, 2.45) is 0 Å². The van der Waals surface area contributed by atoms with Gasteiger partial charge in [0.1, 0.15) is 0 Å². The van der Waals surface area contributed by atoms with E-state index in [-0.39, 0.29) is 0 Å². The Morgan fingerprint density at radius 3 is 0.400 bits per heavy atom. The maximum Gasteiger partial charge on any atom is 0.0313 e. The van der Waals surface area contributed by atoms with Gasteiger partial charge in [0.2, 0.25) is 0 Å². The van der Waals surface area contributed by atoms with Crippen molar-refractivity contribution >= 4 is 17.1 Å². The van der Waals surface area contributed by atoms with Crippen LogP contribution in [0.3, 0.4) is 0 Å². The molecule has 5 aromatic carbocycles. The number of hydrogen-bond donors (Lipinski definition) is 3. The van der Waals surface area contributed by atoms with Crippen LogP contribution in [0.25, 0.3) is 0 Å². The van der Waals surface area contributed by atoms with Gasteiger partial charge < -0.3 is 17.2 Å². The zero-order chi connectivity index (χ0) is 34.7. The maximum absolute atomic E-state index is 5.36. The van der Waals surface area contributed by atoms with Gasteiger partial charge >= 0.3 is 0 Å². The average Bonchev–Trinajstić information content (AvgIpc) is 3.07. The first-order valence-electron chi connectivity index (χ1n) is 16.3. The van der Waals surface area contributed by atoms with E-state index in [2.05, 4.69) is 55.4 Å². The van der Waals surface area contributed by atoms with Crippen LogP contribution in [-0.4, -0.2) is 0 Å². The Balaban J connectivity index is -0.000000215. The minimum Gasteiger partial charge on any atom is -0.399 e. The lowest BCUT2D eigenvalue weighted by Crippen LogP contribution is -1.79. The topological polar surface area (TPSA) is 78.1 Å². The summed E-state index contributed by atoms with van der Waals surface area (Å²) in [7, 11) is 0. The van der Waals surface area contributed by atoms with E-state index in [0.29, 0.717) is 0 Å². The molecular formula is C42H65N3. The summed E-state index contributed by atoms with van der Waals surface area (Å²) in [4.78, 5) is 0. The molecule has 6 N–H and O–H groups in total. The van der Waals surface area contributed by atoms with Crippen LogP contribution < -0.4 is 17.2 Å². The van der Waals surface area contributed by atoms with Gasteiger partial charge in [-0.25, -0.2) is 0 Å². The molecule has 45 heavy (non-hydrogen) atoms. The van der Waals surface area contributed by atoms with Crippen LogP contribution in [0.4, 0.5) is 17.1 Å². The SMILES string of the molecule is CCC.CCC.CCC.CCC.Nc1ccccc1.Nc1ccccc1.Nc1ccccc1.c1ccccc1.c1ccccc1. The second-order valence-electron chi connectivity index (χ2n) is 9.37. The molecule has 0 bridgehead atoms. The highest BCUT2D eigenvalue weighted by molar-refractivity contribution is 5.37. The zero-order valence-electron chi connectivity index (χ0n) is 29.6. The minimum absolute atomic E-state index is 0.822. The molecule has 3 heteroatoms. The Labute approximate surface area is 278 Å². The van der Waals surface area contributed by atoms with Crippen molar-refractivity contribution in [2.75, 3.05) is 17.2 Å². The van der Waals surface area contributed by atoms with Crippen LogP contribution in [0.5, 0.6) is 0 Å². The number of hydrogen-bond acceptors (Lipinski definition) is 3. The van der Waals surface area contributed by atoms with Crippen LogP contribution in [0, 0.1) is 0 Å². The standard InChI is InChI=1S/3C6H7N.2C6H6.4C3H8/c3*7-6-4-2-1-3-5-6;2*1-2-4-6-5-3-1;4*1-3-2/h3*1-5H,7H2;2*1-6H;4*3H2,1-2H3. The molecule has 0 aliphatic rings. The summed E-state index contributed by atoms with van der Waals surface area (Å²) in [5.41, 5.74) is 18.5. The number of benzene rings is 5. The lowest BCUT2D eigenvalue weighted by molar-refractivity contribution is 1.09. The number of rotatable bonds is 0. The third-order valence-electron chi connectivity index (χ3n) is 3.73. The van der Waals surface area contributed by atoms with E-state index in [0.717, 1.165) is 17.1 Å². The summed E-state index contributed by atoms with van der Waals surface area (Å²) in [6.45, 7) is 17.0. The summed E-state index contributed by atoms with van der Waals surface area (Å²) >= 11 is 0. The van der Waals surface area contributed by atoms with E-state index in [1.165, 1.54) is 25.7 Å². The summed E-state index contributed by atoms with van der Waals surface area (Å²) in [6.07, 6.45) is 5.00. The maximum atomic E-state index is 5.36. The van der Waals surface area contributed by atoms with E-state index >= 15 is 0 Å². The van der Waals surface area contributed by atoms with E-state index in [1.807, 2.05) is 164 Å². The fourth-order valence-electron chi connectivity index (χ4n) is 2.13. The van der Waals surface area contributed by atoms with Crippen LogP contribution in [0.1, 0.15) is 81.1 Å². The van der Waals surface area contributed by atoms with Crippen molar-refractivity contribution in [3.63, 3.8) is 0 Å². The molecule has 0 saturated carbocycles. The fraction of sp³-hybridized carbons (Fsp3) is 0.286. The summed E-state index contributed by atoms with van der Waals surface area (Å²) in [5, 5.41) is 0. The Morgan fingerprint density at radius 2 is 0.333 bits per heavy atom. The molecule has 0 spiro atoms. The van der Waals surface area contributed by atoms with Gasteiger partial charge in [0, 0.05) is 17.1 Å². The minimum atomic E-state index is 0.822. The molecule has 0 atom stereocenters. The molecule has 248 valence electrons. The van der Waals surface area contributed by atoms with Gasteiger partial charge in [-0.2, -0.15) is 0 Å². The normalized spacial score (nSPS) is 7.73. The first-order chi connectivity index (χ1) is 21.8. The molecule has 0 aromatic heterocycles. The van der Waals surface area contributed by atoms with Crippen LogP contribution in [0.2, 0.25) is 0 Å². The first-order valence-corrected chi connectivity index (χ1v) is 16.3. The largest absolute Gasteiger partial charge is 0.399 e. The molecule has 0 fully saturated rings. The quantitative estimate of drug-likeness (QED) is 0.152. The number of nitrogens with two attached hydrogens (primary N) is 3. The first kappa shape index (κ1) is 47.4. The predicted molar refractivity (Wildman–Crippen MR) is 209 cm³/mol. The van der Waals surface area contributed by atoms with E-state index in [1.54, 1.807) is 0 Å². The van der Waals surface area contributed by atoms with Gasteiger partial charge in [-0.3, -0.25) is 0 Å². The van der Waals surface area contributed by atoms with Gasteiger partial charge in [0.25, 0.3) is 0 Å². The Morgan fingerprint density at radius 1 is 0.244 bits per heavy atom. The number of anilines is 3. The summed E-state index contributed by atoms with van der Waals surface area (Å²) in [6, 6.07) is 52.5. The van der Waals surface area contributed by atoms with Crippen molar-refractivity contribution < 1.29 is 0 Å². The lowest BCUT2D eigenvalue weighted by atomic mass is 10.3. The van der Waals surface area contributed by atoms with Crippen LogP contribution in [0.15, 0.2) is 164 Å². The van der Waals surface area contributed by atoms with E-state index in [4.69, 9.17) is 17.2 Å². The van der Waals surface area contributed by atoms with Gasteiger partial charge in [-0.05, 0) is 36.4 Å². The lowest BCUT2D eigenvalue weighted by Gasteiger charge is -1.83. The Kier molecular flexibility index (Phi) is 49.0. The van der Waals surface area contributed by atoms with E-state index in [9.17, 15) is 0 Å². The Bertz CT molecular complexity index is 891. The highest BCUT2D eigenvalue weighted by Gasteiger charge is 1.73. The zero-order valence-corrected chi connectivity index (χ0v) is 29.6. The van der Waals surface area contributed by atoms with Gasteiger partial charge in [0.05, 0.1) is 0 Å². The molecule has 5 rings (SSSR count). The summed E-state index contributed by atoms with van der Waals surface area (Å²) in [5.74, 6) is 0. The molecule has 5 aromatic rings. The highest BCUT2D eigenvalue weighted by Crippen LogP contribution is 1.97. The number of para-hydroxylation sites is 3. The molecular weight excluding hydrogens is 546 g/mol. The molecule has 0 aliphatic heterocycles. The van der Waals surface area contributed by atoms with Crippen molar-refractivity contribution in [1.29, 1.82) is 0 Å². The van der Waals surface area contributed by atoms with Crippen molar-refractivity contribution in [1.82, 2.24) is 0 Å². The van der Waals surface area contributed by atoms with Gasteiger partial charge in [0.15, 0.2) is 0 Å². The Hall–Kier alpha value is -4.50. The van der Waals surface area contributed by atoms with Crippen LogP contribution in [-0.2, 0) is 0 Å². The van der Waals surface area contributed by atoms with Crippen molar-refractivity contribution in [3.8, 4) is 0 Å². The third-order valence-corrected chi connectivity index (χ3v) is 3.73. The smallest absolute Gasteiger partial charge is 0.0313 e. The monoisotopic (exact) mass is 612 g/mol. The molecule has 0 radical (unpaired) electrons. The second kappa shape index (κ2) is 46.5. The third kappa shape index (κ3) is 56.0. The molecule has 3 nitrogen and oxygen atoms in total. The molecule has 0 saturated heterocycles.